The van der Waals surface area contributed by atoms with Gasteiger partial charge in [-0.3, -0.25) is 4.79 Å². The van der Waals surface area contributed by atoms with Crippen molar-refractivity contribution in [3.05, 3.63) is 66.2 Å². The molecule has 0 aliphatic rings. The zero-order chi connectivity index (χ0) is 15.8. The monoisotopic (exact) mass is 314 g/mol. The second kappa shape index (κ2) is 8.39. The summed E-state index contributed by atoms with van der Waals surface area (Å²) < 4.78 is 4.86. The highest BCUT2D eigenvalue weighted by Crippen LogP contribution is 2.26. The SMILES string of the molecule is CCOC(=O)C(=O)C(Cc1ccccc1)Sc1ccccc1. The summed E-state index contributed by atoms with van der Waals surface area (Å²) >= 11 is 1.40. The maximum atomic E-state index is 12.3. The van der Waals surface area contributed by atoms with Crippen molar-refractivity contribution < 1.29 is 14.3 Å². The molecule has 0 aliphatic heterocycles. The first kappa shape index (κ1) is 16.3. The van der Waals surface area contributed by atoms with Gasteiger partial charge in [-0.05, 0) is 31.0 Å². The first-order valence-corrected chi connectivity index (χ1v) is 8.05. The zero-order valence-electron chi connectivity index (χ0n) is 12.4. The van der Waals surface area contributed by atoms with E-state index in [4.69, 9.17) is 4.74 Å². The average molecular weight is 314 g/mol. The zero-order valence-corrected chi connectivity index (χ0v) is 13.2. The van der Waals surface area contributed by atoms with Gasteiger partial charge in [0.05, 0.1) is 11.9 Å². The summed E-state index contributed by atoms with van der Waals surface area (Å²) in [6, 6.07) is 19.3. The first-order valence-electron chi connectivity index (χ1n) is 7.17. The Hall–Kier alpha value is -2.07. The number of ether oxygens (including phenoxy) is 1. The lowest BCUT2D eigenvalue weighted by Gasteiger charge is -2.14. The number of benzene rings is 2. The number of carbonyl (C=O) groups excluding carboxylic acids is 2. The summed E-state index contributed by atoms with van der Waals surface area (Å²) in [6.45, 7) is 1.90. The van der Waals surface area contributed by atoms with Crippen LogP contribution >= 0.6 is 11.8 Å². The van der Waals surface area contributed by atoms with E-state index in [0.29, 0.717) is 6.42 Å². The third-order valence-electron chi connectivity index (χ3n) is 3.05. The Bertz CT molecular complexity index is 569. The van der Waals surface area contributed by atoms with E-state index < -0.39 is 17.0 Å². The highest BCUT2D eigenvalue weighted by molar-refractivity contribution is 8.00. The highest BCUT2D eigenvalue weighted by atomic mass is 32.2. The van der Waals surface area contributed by atoms with Gasteiger partial charge in [0.15, 0.2) is 0 Å². The molecule has 2 aromatic carbocycles. The lowest BCUT2D eigenvalue weighted by Crippen LogP contribution is -2.29. The van der Waals surface area contributed by atoms with E-state index in [0.717, 1.165) is 10.5 Å². The van der Waals surface area contributed by atoms with E-state index in [1.165, 1.54) is 11.8 Å². The van der Waals surface area contributed by atoms with Gasteiger partial charge in [0.2, 0.25) is 0 Å². The highest BCUT2D eigenvalue weighted by Gasteiger charge is 2.27. The van der Waals surface area contributed by atoms with Gasteiger partial charge in [0, 0.05) is 4.90 Å². The number of carbonyl (C=O) groups is 2. The first-order chi connectivity index (χ1) is 10.7. The van der Waals surface area contributed by atoms with Crippen LogP contribution in [0.2, 0.25) is 0 Å². The summed E-state index contributed by atoms with van der Waals surface area (Å²) in [5, 5.41) is -0.483. The molecule has 0 aromatic heterocycles. The van der Waals surface area contributed by atoms with E-state index in [-0.39, 0.29) is 6.61 Å². The van der Waals surface area contributed by atoms with Crippen molar-refractivity contribution >= 4 is 23.5 Å². The molecule has 2 aromatic rings. The topological polar surface area (TPSA) is 43.4 Å². The third-order valence-corrected chi connectivity index (χ3v) is 4.26. The molecule has 0 spiro atoms. The predicted molar refractivity (Wildman–Crippen MR) is 87.9 cm³/mol. The van der Waals surface area contributed by atoms with Gasteiger partial charge in [0.25, 0.3) is 5.78 Å². The largest absolute Gasteiger partial charge is 0.460 e. The molecule has 0 amide bonds. The molecule has 4 heteroatoms. The molecule has 0 heterocycles. The molecule has 0 radical (unpaired) electrons. The third kappa shape index (κ3) is 4.74. The van der Waals surface area contributed by atoms with E-state index in [9.17, 15) is 9.59 Å². The van der Waals surface area contributed by atoms with Gasteiger partial charge >= 0.3 is 5.97 Å². The number of ketones is 1. The van der Waals surface area contributed by atoms with Crippen LogP contribution in [0.3, 0.4) is 0 Å². The normalized spacial score (nSPS) is 11.7. The maximum Gasteiger partial charge on any atom is 0.375 e. The van der Waals surface area contributed by atoms with E-state index in [1.54, 1.807) is 6.92 Å². The van der Waals surface area contributed by atoms with Crippen LogP contribution < -0.4 is 0 Å². The molecule has 3 nitrogen and oxygen atoms in total. The van der Waals surface area contributed by atoms with Crippen LogP contribution in [0.5, 0.6) is 0 Å². The summed E-state index contributed by atoms with van der Waals surface area (Å²) in [4.78, 5) is 25.1. The van der Waals surface area contributed by atoms with E-state index in [2.05, 4.69) is 0 Å². The molecule has 0 N–H and O–H groups in total. The van der Waals surface area contributed by atoms with Crippen molar-refractivity contribution in [2.75, 3.05) is 6.61 Å². The number of hydrogen-bond acceptors (Lipinski definition) is 4. The van der Waals surface area contributed by atoms with Crippen LogP contribution in [-0.2, 0) is 20.7 Å². The Morgan fingerprint density at radius 3 is 2.18 bits per heavy atom. The number of Topliss-reactive ketones (excluding diaryl/α,β-unsaturated/α-hetero) is 1. The Balaban J connectivity index is 2.16. The van der Waals surface area contributed by atoms with Gasteiger partial charge in [-0.1, -0.05) is 48.5 Å². The Labute approximate surface area is 134 Å². The predicted octanol–water partition coefficient (Wildman–Crippen LogP) is 3.52. The second-order valence-corrected chi connectivity index (χ2v) is 5.97. The van der Waals surface area contributed by atoms with Crippen molar-refractivity contribution in [3.63, 3.8) is 0 Å². The lowest BCUT2D eigenvalue weighted by atomic mass is 10.1. The lowest BCUT2D eigenvalue weighted by molar-refractivity contribution is -0.153. The molecule has 0 aliphatic carbocycles. The minimum absolute atomic E-state index is 0.207. The van der Waals surface area contributed by atoms with Crippen molar-refractivity contribution in [1.29, 1.82) is 0 Å². The number of thioether (sulfide) groups is 1. The molecular formula is C18H18O3S. The van der Waals surface area contributed by atoms with E-state index >= 15 is 0 Å². The summed E-state index contributed by atoms with van der Waals surface area (Å²) in [6.07, 6.45) is 0.498. The van der Waals surface area contributed by atoms with Crippen molar-refractivity contribution in [1.82, 2.24) is 0 Å². The molecule has 1 atom stereocenters. The van der Waals surface area contributed by atoms with Gasteiger partial charge < -0.3 is 4.74 Å². The molecule has 2 rings (SSSR count). The summed E-state index contributed by atoms with van der Waals surface area (Å²) in [5.74, 6) is -1.24. The molecule has 0 fully saturated rings. The maximum absolute atomic E-state index is 12.3. The second-order valence-electron chi connectivity index (χ2n) is 4.69. The Kier molecular flexibility index (Phi) is 6.22. The quantitative estimate of drug-likeness (QED) is 0.445. The average Bonchev–Trinajstić information content (AvgIpc) is 2.56. The number of hydrogen-bond donors (Lipinski definition) is 0. The van der Waals surface area contributed by atoms with Crippen LogP contribution in [0.4, 0.5) is 0 Å². The molecule has 0 saturated heterocycles. The van der Waals surface area contributed by atoms with Gasteiger partial charge in [-0.15, -0.1) is 11.8 Å². The van der Waals surface area contributed by atoms with Crippen LogP contribution in [-0.4, -0.2) is 23.6 Å². The van der Waals surface area contributed by atoms with E-state index in [1.807, 2.05) is 60.7 Å². The van der Waals surface area contributed by atoms with Crippen LogP contribution in [0, 0.1) is 0 Å². The summed E-state index contributed by atoms with van der Waals surface area (Å²) in [7, 11) is 0. The standard InChI is InChI=1S/C18H18O3S/c1-2-21-18(20)17(19)16(13-14-9-5-3-6-10-14)22-15-11-7-4-8-12-15/h3-12,16H,2,13H2,1H3. The van der Waals surface area contributed by atoms with Gasteiger partial charge in [-0.25, -0.2) is 4.79 Å². The molecule has 1 unspecified atom stereocenters. The minimum atomic E-state index is -0.758. The van der Waals surface area contributed by atoms with Crippen molar-refractivity contribution in [2.24, 2.45) is 0 Å². The fourth-order valence-corrected chi connectivity index (χ4v) is 3.13. The Morgan fingerprint density at radius 2 is 1.59 bits per heavy atom. The van der Waals surface area contributed by atoms with Crippen molar-refractivity contribution in [2.45, 2.75) is 23.5 Å². The smallest absolute Gasteiger partial charge is 0.375 e. The van der Waals surface area contributed by atoms with Crippen molar-refractivity contribution in [3.8, 4) is 0 Å². The fraction of sp³-hybridized carbons (Fsp3) is 0.222. The summed E-state index contributed by atoms with van der Waals surface area (Å²) in [5.41, 5.74) is 1.02. The molecule has 0 saturated carbocycles. The molecule has 0 bridgehead atoms. The molecule has 114 valence electrons. The Morgan fingerprint density at radius 1 is 1.00 bits per heavy atom. The van der Waals surface area contributed by atoms with Gasteiger partial charge in [0.1, 0.15) is 0 Å². The number of esters is 1. The number of rotatable bonds is 7. The molecular weight excluding hydrogens is 296 g/mol. The fourth-order valence-electron chi connectivity index (χ4n) is 2.01. The minimum Gasteiger partial charge on any atom is -0.460 e. The van der Waals surface area contributed by atoms with Gasteiger partial charge in [-0.2, -0.15) is 0 Å². The van der Waals surface area contributed by atoms with Crippen LogP contribution in [0.25, 0.3) is 0 Å². The van der Waals surface area contributed by atoms with Crippen LogP contribution in [0.1, 0.15) is 12.5 Å². The van der Waals surface area contributed by atoms with Crippen LogP contribution in [0.15, 0.2) is 65.6 Å². The molecule has 22 heavy (non-hydrogen) atoms.